The Bertz CT molecular complexity index is 189. The summed E-state index contributed by atoms with van der Waals surface area (Å²) in [5, 5.41) is 2.78. The molecule has 0 aromatic carbocycles. The zero-order valence-electron chi connectivity index (χ0n) is 10.0. The largest absolute Gasteiger partial charge is 2.00 e. The van der Waals surface area contributed by atoms with Gasteiger partial charge in [0.25, 0.3) is 0 Å². The molecule has 2 saturated carbocycles. The van der Waals surface area contributed by atoms with Crippen LogP contribution in [0.25, 0.3) is 0 Å². The van der Waals surface area contributed by atoms with Gasteiger partial charge in [0.15, 0.2) is 0 Å². The van der Waals surface area contributed by atoms with Gasteiger partial charge in [0.2, 0.25) is 5.91 Å². The molecule has 0 atom stereocenters. The van der Waals surface area contributed by atoms with Crippen molar-refractivity contribution in [1.82, 2.24) is 5.32 Å². The van der Waals surface area contributed by atoms with Crippen LogP contribution in [0, 0.1) is 69.7 Å². The number of carbonyl (C=O) groups is 1. The molecule has 3 heteroatoms. The van der Waals surface area contributed by atoms with E-state index in [0.29, 0.717) is 0 Å². The average Bonchev–Trinajstić information content (AvgIpc) is 2.92. The van der Waals surface area contributed by atoms with Gasteiger partial charge in [0.05, 0.1) is 6.04 Å². The molecule has 17 heavy (non-hydrogen) atoms. The first kappa shape index (κ1) is 17.0. The van der Waals surface area contributed by atoms with Gasteiger partial charge in [-0.3, -0.25) is 4.79 Å². The second-order valence-electron chi connectivity index (χ2n) is 3.78. The van der Waals surface area contributed by atoms with Crippen molar-refractivity contribution < 1.29 is 21.9 Å². The molecule has 90 valence electrons. The van der Waals surface area contributed by atoms with Gasteiger partial charge in [-0.15, -0.1) is 0 Å². The maximum Gasteiger partial charge on any atom is 2.00 e. The fourth-order valence-electron chi connectivity index (χ4n) is 1.06. The Hall–Kier alpha value is -0.0105. The summed E-state index contributed by atoms with van der Waals surface area (Å²) in [7, 11) is 0. The van der Waals surface area contributed by atoms with E-state index in [0.717, 1.165) is 6.04 Å². The molecule has 0 saturated heterocycles. The zero-order valence-corrected chi connectivity index (χ0v) is 11.1. The smallest absolute Gasteiger partial charge is 0.347 e. The third kappa shape index (κ3) is 7.83. The van der Waals surface area contributed by atoms with Crippen LogP contribution in [0.5, 0.6) is 0 Å². The van der Waals surface area contributed by atoms with Gasteiger partial charge in [-0.05, 0) is 57.8 Å². The number of carbonyl (C=O) groups excluding carboxylic acids is 1. The fraction of sp³-hybridized carbons (Fsp3) is 0.214. The first-order valence-electron chi connectivity index (χ1n) is 5.39. The molecule has 0 aromatic rings. The predicted molar refractivity (Wildman–Crippen MR) is 64.9 cm³/mol. The number of rotatable bonds is 2. The third-order valence-corrected chi connectivity index (χ3v) is 2.01. The van der Waals surface area contributed by atoms with Crippen molar-refractivity contribution in [2.75, 3.05) is 0 Å². The minimum absolute atomic E-state index is 0. The summed E-state index contributed by atoms with van der Waals surface area (Å²) in [6, 6.07) is 0.878. The van der Waals surface area contributed by atoms with Gasteiger partial charge in [-0.2, -0.15) is 0 Å². The van der Waals surface area contributed by atoms with E-state index in [1.807, 2.05) is 71.6 Å². The van der Waals surface area contributed by atoms with Gasteiger partial charge in [-0.25, -0.2) is 0 Å². The van der Waals surface area contributed by atoms with Crippen molar-refractivity contribution in [3.63, 3.8) is 0 Å². The first-order valence-corrected chi connectivity index (χ1v) is 5.39. The van der Waals surface area contributed by atoms with E-state index < -0.39 is 0 Å². The van der Waals surface area contributed by atoms with Crippen LogP contribution in [-0.4, -0.2) is 5.91 Å². The van der Waals surface area contributed by atoms with Crippen molar-refractivity contribution in [2.45, 2.75) is 13.8 Å². The molecule has 2 aliphatic carbocycles. The molecular weight excluding hydrogens is 254 g/mol. The molecule has 2 fully saturated rings. The number of amides is 1. The van der Waals surface area contributed by atoms with Crippen LogP contribution in [0.15, 0.2) is 0 Å². The minimum Gasteiger partial charge on any atom is -0.347 e. The van der Waals surface area contributed by atoms with E-state index in [9.17, 15) is 4.79 Å². The molecule has 0 bridgehead atoms. The molecule has 2 aliphatic rings. The second-order valence-corrected chi connectivity index (χ2v) is 3.78. The molecule has 1 N–H and O–H groups in total. The van der Waals surface area contributed by atoms with E-state index >= 15 is 0 Å². The predicted octanol–water partition coefficient (Wildman–Crippen LogP) is 2.14. The normalized spacial score (nSPS) is 19.5. The van der Waals surface area contributed by atoms with Gasteiger partial charge >= 0.3 is 17.1 Å². The molecule has 10 radical (unpaired) electrons. The van der Waals surface area contributed by atoms with Gasteiger partial charge in [0, 0.05) is 5.92 Å². The number of hydrogen-bond donors (Lipinski definition) is 1. The van der Waals surface area contributed by atoms with Crippen molar-refractivity contribution >= 4 is 5.91 Å². The Balaban J connectivity index is 0.000000360. The van der Waals surface area contributed by atoms with Crippen molar-refractivity contribution in [3.05, 3.63) is 63.8 Å². The SMILES string of the molecule is CC(C)C(=O)N[C]1[CH][CH][CH][CH]1.[CH]1[CH][CH][CH][CH]1.[Fe+2]. The van der Waals surface area contributed by atoms with Crippen molar-refractivity contribution in [2.24, 2.45) is 5.92 Å². The zero-order chi connectivity index (χ0) is 11.8. The molecule has 0 unspecified atom stereocenters. The topological polar surface area (TPSA) is 29.1 Å². The van der Waals surface area contributed by atoms with Crippen molar-refractivity contribution in [1.29, 1.82) is 0 Å². The molecule has 0 aromatic heterocycles. The Morgan fingerprint density at radius 3 is 1.71 bits per heavy atom. The van der Waals surface area contributed by atoms with Crippen LogP contribution in [-0.2, 0) is 21.9 Å². The van der Waals surface area contributed by atoms with E-state index in [1.54, 1.807) is 0 Å². The average molecular weight is 271 g/mol. The summed E-state index contributed by atoms with van der Waals surface area (Å²) < 4.78 is 0. The summed E-state index contributed by atoms with van der Waals surface area (Å²) in [6.07, 6.45) is 17.5. The van der Waals surface area contributed by atoms with E-state index in [-0.39, 0.29) is 28.9 Å². The maximum atomic E-state index is 11.1. The molecule has 0 heterocycles. The van der Waals surface area contributed by atoms with Crippen LogP contribution in [0.2, 0.25) is 0 Å². The van der Waals surface area contributed by atoms with Gasteiger partial charge in [-0.1, -0.05) is 13.8 Å². The van der Waals surface area contributed by atoms with Crippen LogP contribution < -0.4 is 5.32 Å². The Labute approximate surface area is 117 Å². The van der Waals surface area contributed by atoms with Crippen molar-refractivity contribution in [3.8, 4) is 0 Å². The Kier molecular flexibility index (Phi) is 9.96. The van der Waals surface area contributed by atoms with E-state index in [2.05, 4.69) is 5.32 Å². The first-order chi connectivity index (χ1) is 7.70. The van der Waals surface area contributed by atoms with Crippen LogP contribution in [0.1, 0.15) is 13.8 Å². The Morgan fingerprint density at radius 1 is 0.941 bits per heavy atom. The summed E-state index contributed by atoms with van der Waals surface area (Å²) in [6.45, 7) is 3.75. The summed E-state index contributed by atoms with van der Waals surface area (Å²) in [5.41, 5.74) is 0. The monoisotopic (exact) mass is 271 g/mol. The van der Waals surface area contributed by atoms with Gasteiger partial charge in [0.1, 0.15) is 0 Å². The van der Waals surface area contributed by atoms with Crippen LogP contribution in [0.4, 0.5) is 0 Å². The standard InChI is InChI=1S/C9H12NO.C5H5.Fe/c1-7(2)9(11)10-8-5-3-4-6-8;1-2-4-5-3-1;/h3-7H,1-2H3,(H,10,11);1-5H;/q;;+2. The summed E-state index contributed by atoms with van der Waals surface area (Å²) in [5.74, 6) is 0.112. The van der Waals surface area contributed by atoms with E-state index in [1.165, 1.54) is 0 Å². The van der Waals surface area contributed by atoms with Gasteiger partial charge < -0.3 is 5.32 Å². The van der Waals surface area contributed by atoms with Crippen LogP contribution >= 0.6 is 0 Å². The molecule has 2 rings (SSSR count). The molecule has 0 aliphatic heterocycles. The minimum atomic E-state index is 0. The quantitative estimate of drug-likeness (QED) is 0.766. The number of hydrogen-bond acceptors (Lipinski definition) is 1. The third-order valence-electron chi connectivity index (χ3n) is 2.01. The molecular formula is C14H17FeNO+2. The second kappa shape index (κ2) is 9.96. The molecule has 2 nitrogen and oxygen atoms in total. The molecule has 1 amide bonds. The van der Waals surface area contributed by atoms with E-state index in [4.69, 9.17) is 0 Å². The summed E-state index contributed by atoms with van der Waals surface area (Å²) >= 11 is 0. The van der Waals surface area contributed by atoms with Crippen LogP contribution in [0.3, 0.4) is 0 Å². The molecule has 0 spiro atoms. The Morgan fingerprint density at radius 2 is 1.35 bits per heavy atom. The maximum absolute atomic E-state index is 11.1. The summed E-state index contributed by atoms with van der Waals surface area (Å²) in [4.78, 5) is 11.1. The fourth-order valence-corrected chi connectivity index (χ4v) is 1.06. The number of nitrogens with one attached hydrogen (secondary N) is 1.